The van der Waals surface area contributed by atoms with Crippen LogP contribution in [0.2, 0.25) is 0 Å². The zero-order valence-corrected chi connectivity index (χ0v) is 7.15. The number of nitrogens with zero attached hydrogens (tertiary/aromatic N) is 2. The molecule has 0 amide bonds. The van der Waals surface area contributed by atoms with Gasteiger partial charge in [0.1, 0.15) is 6.33 Å². The average Bonchev–Trinajstić information content (AvgIpc) is 2.30. The van der Waals surface area contributed by atoms with Gasteiger partial charge in [-0.15, -0.1) is 0 Å². The molecule has 1 aromatic heterocycles. The quantitative estimate of drug-likeness (QED) is 0.775. The van der Waals surface area contributed by atoms with Gasteiger partial charge in [0, 0.05) is 0 Å². The third-order valence-corrected chi connectivity index (χ3v) is 1.67. The molecule has 2 N–H and O–H groups in total. The van der Waals surface area contributed by atoms with Crippen LogP contribution >= 0.6 is 16.1 Å². The van der Waals surface area contributed by atoms with Gasteiger partial charge in [0.25, 0.3) is 0 Å². The number of imidazole rings is 1. The zero-order valence-electron chi connectivity index (χ0n) is 5.56. The van der Waals surface area contributed by atoms with Crippen molar-refractivity contribution >= 4 is 28.1 Å². The van der Waals surface area contributed by atoms with E-state index in [0.717, 1.165) is 9.92 Å². The van der Waals surface area contributed by atoms with Gasteiger partial charge in [-0.1, -0.05) is 0 Å². The minimum atomic E-state index is -1.37. The van der Waals surface area contributed by atoms with E-state index in [-0.39, 0.29) is 0 Å². The van der Waals surface area contributed by atoms with Crippen LogP contribution in [0.3, 0.4) is 0 Å². The topological polar surface area (TPSA) is 92.4 Å². The van der Waals surface area contributed by atoms with Crippen molar-refractivity contribution in [3.63, 3.8) is 0 Å². The van der Waals surface area contributed by atoms with E-state index in [1.54, 1.807) is 0 Å². The van der Waals surface area contributed by atoms with Gasteiger partial charge in [-0.3, -0.25) is 3.59 Å². The summed E-state index contributed by atoms with van der Waals surface area (Å²) in [4.78, 5) is 24.2. The Labute approximate surface area is 74.8 Å². The second-order valence-electron chi connectivity index (χ2n) is 1.86. The molecule has 1 aromatic rings. The molecule has 6 nitrogen and oxygen atoms in total. The molecule has 0 unspecified atom stereocenters. The molecular weight excluding hydrogens is 232 g/mol. The fourth-order valence-electron chi connectivity index (χ4n) is 0.678. The van der Waals surface area contributed by atoms with E-state index in [9.17, 15) is 9.59 Å². The minimum Gasteiger partial charge on any atom is -0.476 e. The molecule has 0 atom stereocenters. The number of aromatic nitrogens is 2. The van der Waals surface area contributed by atoms with Crippen LogP contribution in [0.15, 0.2) is 6.33 Å². The summed E-state index contributed by atoms with van der Waals surface area (Å²) in [6.45, 7) is 0. The van der Waals surface area contributed by atoms with E-state index in [4.69, 9.17) is 10.2 Å². The van der Waals surface area contributed by atoms with E-state index in [2.05, 4.69) is 21.1 Å². The molecule has 0 bridgehead atoms. The summed E-state index contributed by atoms with van der Waals surface area (Å²) in [5.41, 5.74) is -0.887. The molecule has 0 radical (unpaired) electrons. The predicted molar refractivity (Wildman–Crippen MR) is 40.5 cm³/mol. The Kier molecular flexibility index (Phi) is 2.13. The third-order valence-electron chi connectivity index (χ3n) is 1.13. The van der Waals surface area contributed by atoms with Crippen LogP contribution in [0.5, 0.6) is 0 Å². The molecule has 12 heavy (non-hydrogen) atoms. The van der Waals surface area contributed by atoms with Gasteiger partial charge in [0.15, 0.2) is 11.4 Å². The summed E-state index contributed by atoms with van der Waals surface area (Å²) in [6, 6.07) is 0. The van der Waals surface area contributed by atoms with Crippen molar-refractivity contribution in [1.29, 1.82) is 0 Å². The third kappa shape index (κ3) is 1.30. The van der Waals surface area contributed by atoms with Gasteiger partial charge in [0.05, 0.1) is 16.1 Å². The normalized spacial score (nSPS) is 9.75. The lowest BCUT2D eigenvalue weighted by Crippen LogP contribution is -2.09. The number of hydrogen-bond donors (Lipinski definition) is 2. The summed E-state index contributed by atoms with van der Waals surface area (Å²) in [5, 5.41) is 17.0. The number of aromatic carboxylic acids is 2. The molecule has 64 valence electrons. The maximum atomic E-state index is 10.5. The SMILES string of the molecule is O=C(O)c1ncn(Br)c1C(=O)O. The highest BCUT2D eigenvalue weighted by molar-refractivity contribution is 9.08. The summed E-state index contributed by atoms with van der Waals surface area (Å²) < 4.78 is 0.957. The first-order valence-electron chi connectivity index (χ1n) is 2.74. The summed E-state index contributed by atoms with van der Waals surface area (Å²) in [5.74, 6) is -2.72. The Hall–Kier alpha value is -1.37. The van der Waals surface area contributed by atoms with Gasteiger partial charge < -0.3 is 10.2 Å². The van der Waals surface area contributed by atoms with Crippen LogP contribution in [0.1, 0.15) is 21.0 Å². The Balaban J connectivity index is 3.31. The average molecular weight is 235 g/mol. The van der Waals surface area contributed by atoms with Crippen molar-refractivity contribution in [1.82, 2.24) is 8.58 Å². The molecule has 0 saturated carbocycles. The van der Waals surface area contributed by atoms with Crippen molar-refractivity contribution in [2.24, 2.45) is 0 Å². The lowest BCUT2D eigenvalue weighted by molar-refractivity contribution is 0.0644. The maximum Gasteiger partial charge on any atom is 0.357 e. The van der Waals surface area contributed by atoms with Crippen LogP contribution in [0.25, 0.3) is 0 Å². The van der Waals surface area contributed by atoms with E-state index >= 15 is 0 Å². The zero-order chi connectivity index (χ0) is 9.30. The van der Waals surface area contributed by atoms with E-state index in [1.165, 1.54) is 0 Å². The van der Waals surface area contributed by atoms with Gasteiger partial charge >= 0.3 is 11.9 Å². The van der Waals surface area contributed by atoms with Crippen molar-refractivity contribution in [3.05, 3.63) is 17.7 Å². The Morgan fingerprint density at radius 2 is 2.00 bits per heavy atom. The molecule has 7 heteroatoms. The van der Waals surface area contributed by atoms with Crippen molar-refractivity contribution in [2.75, 3.05) is 0 Å². The van der Waals surface area contributed by atoms with Crippen molar-refractivity contribution in [3.8, 4) is 0 Å². The standard InChI is InChI=1S/C5H3BrN2O4/c6-8-1-7-2(4(9)10)3(8)5(11)12/h1H,(H,9,10)(H,11,12). The molecule has 0 aliphatic carbocycles. The number of carboxylic acids is 2. The monoisotopic (exact) mass is 234 g/mol. The smallest absolute Gasteiger partial charge is 0.357 e. The van der Waals surface area contributed by atoms with Crippen LogP contribution in [0, 0.1) is 0 Å². The largest absolute Gasteiger partial charge is 0.476 e. The minimum absolute atomic E-state index is 0.400. The lowest BCUT2D eigenvalue weighted by atomic mass is 10.3. The van der Waals surface area contributed by atoms with Crippen molar-refractivity contribution < 1.29 is 19.8 Å². The van der Waals surface area contributed by atoms with Crippen molar-refractivity contribution in [2.45, 2.75) is 0 Å². The number of rotatable bonds is 2. The highest BCUT2D eigenvalue weighted by Gasteiger charge is 2.21. The summed E-state index contributed by atoms with van der Waals surface area (Å²) in [6.07, 6.45) is 1.06. The second kappa shape index (κ2) is 2.94. The first kappa shape index (κ1) is 8.72. The molecule has 0 spiro atoms. The summed E-state index contributed by atoms with van der Waals surface area (Å²) >= 11 is 2.80. The first-order chi connectivity index (χ1) is 5.54. The van der Waals surface area contributed by atoms with Crippen LogP contribution in [-0.4, -0.2) is 30.7 Å². The highest BCUT2D eigenvalue weighted by atomic mass is 79.9. The fourth-order valence-corrected chi connectivity index (χ4v) is 1.09. The molecule has 1 heterocycles. The summed E-state index contributed by atoms with van der Waals surface area (Å²) in [7, 11) is 0. The molecule has 0 fully saturated rings. The molecular formula is C5H3BrN2O4. The molecule has 0 aliphatic heterocycles. The number of carboxylic acid groups (broad SMARTS) is 2. The highest BCUT2D eigenvalue weighted by Crippen LogP contribution is 2.09. The second-order valence-corrected chi connectivity index (χ2v) is 2.63. The Morgan fingerprint density at radius 3 is 2.33 bits per heavy atom. The van der Waals surface area contributed by atoms with E-state index in [1.807, 2.05) is 0 Å². The predicted octanol–water partition coefficient (Wildman–Crippen LogP) is 0.438. The van der Waals surface area contributed by atoms with Crippen LogP contribution in [0.4, 0.5) is 0 Å². The molecule has 0 aliphatic rings. The van der Waals surface area contributed by atoms with E-state index in [0.29, 0.717) is 0 Å². The number of hydrogen-bond acceptors (Lipinski definition) is 3. The maximum absolute atomic E-state index is 10.5. The lowest BCUT2D eigenvalue weighted by Gasteiger charge is -1.93. The number of halogens is 1. The first-order valence-corrected chi connectivity index (χ1v) is 3.45. The van der Waals surface area contributed by atoms with Gasteiger partial charge in [-0.2, -0.15) is 0 Å². The Morgan fingerprint density at radius 1 is 1.42 bits per heavy atom. The number of carbonyl (C=O) groups is 2. The van der Waals surface area contributed by atoms with E-state index < -0.39 is 23.3 Å². The molecule has 1 rings (SSSR count). The molecule has 0 saturated heterocycles. The van der Waals surface area contributed by atoms with Crippen LogP contribution in [-0.2, 0) is 0 Å². The molecule has 0 aromatic carbocycles. The fraction of sp³-hybridized carbons (Fsp3) is 0. The van der Waals surface area contributed by atoms with Gasteiger partial charge in [-0.05, 0) is 0 Å². The van der Waals surface area contributed by atoms with Gasteiger partial charge in [0.2, 0.25) is 0 Å². The van der Waals surface area contributed by atoms with Gasteiger partial charge in [-0.25, -0.2) is 14.6 Å². The van der Waals surface area contributed by atoms with Crippen LogP contribution < -0.4 is 0 Å². The Bertz CT molecular complexity index is 345.